The van der Waals surface area contributed by atoms with Gasteiger partial charge < -0.3 is 23.4 Å². The summed E-state index contributed by atoms with van der Waals surface area (Å²) in [5, 5.41) is 0.771. The Labute approximate surface area is 185 Å². The molecule has 2 heterocycles. The van der Waals surface area contributed by atoms with E-state index >= 15 is 0 Å². The van der Waals surface area contributed by atoms with E-state index < -0.39 is 23.3 Å². The van der Waals surface area contributed by atoms with E-state index in [2.05, 4.69) is 0 Å². The minimum Gasteiger partial charge on any atom is -0.493 e. The van der Waals surface area contributed by atoms with Gasteiger partial charge in [0.25, 0.3) is 0 Å². The Morgan fingerprint density at radius 2 is 1.84 bits per heavy atom. The number of esters is 1. The zero-order valence-electron chi connectivity index (χ0n) is 18.3. The standard InChI is InChI=1S/C25H24O7/c1-25(2)22(14-17-13-19-16(12-20(17)32-25)7-10-23(26)30-19)31-24(27)9-6-15-5-8-18(28-3)21(11-15)29-4/h5-13,22H,14H2,1-4H3. The second-order valence-electron chi connectivity index (χ2n) is 8.04. The van der Waals surface area contributed by atoms with E-state index in [0.717, 1.165) is 16.5 Å². The summed E-state index contributed by atoms with van der Waals surface area (Å²) in [6.07, 6.45) is 2.93. The van der Waals surface area contributed by atoms with Crippen LogP contribution in [0.25, 0.3) is 17.0 Å². The number of rotatable bonds is 5. The molecule has 0 saturated carbocycles. The van der Waals surface area contributed by atoms with Gasteiger partial charge in [-0.3, -0.25) is 0 Å². The second kappa shape index (κ2) is 8.42. The number of methoxy groups -OCH3 is 2. The van der Waals surface area contributed by atoms with Crippen LogP contribution in [0.5, 0.6) is 17.2 Å². The van der Waals surface area contributed by atoms with Crippen molar-refractivity contribution in [3.63, 3.8) is 0 Å². The highest BCUT2D eigenvalue weighted by Gasteiger charge is 2.39. The van der Waals surface area contributed by atoms with Crippen LogP contribution < -0.4 is 19.8 Å². The fourth-order valence-electron chi connectivity index (χ4n) is 3.67. The predicted molar refractivity (Wildman–Crippen MR) is 119 cm³/mol. The van der Waals surface area contributed by atoms with Crippen molar-refractivity contribution in [2.75, 3.05) is 14.2 Å². The molecule has 4 rings (SSSR count). The third-order valence-electron chi connectivity index (χ3n) is 5.43. The summed E-state index contributed by atoms with van der Waals surface area (Å²) < 4.78 is 27.6. The molecule has 0 bridgehead atoms. The van der Waals surface area contributed by atoms with Crippen LogP contribution in [0.3, 0.4) is 0 Å². The smallest absolute Gasteiger partial charge is 0.336 e. The lowest BCUT2D eigenvalue weighted by Crippen LogP contribution is -2.48. The molecule has 32 heavy (non-hydrogen) atoms. The van der Waals surface area contributed by atoms with Crippen LogP contribution in [-0.2, 0) is 16.0 Å². The molecule has 166 valence electrons. The van der Waals surface area contributed by atoms with E-state index in [1.54, 1.807) is 44.6 Å². The van der Waals surface area contributed by atoms with Gasteiger partial charge in [0, 0.05) is 29.5 Å². The minimum absolute atomic E-state index is 0.419. The summed E-state index contributed by atoms with van der Waals surface area (Å²) in [7, 11) is 3.12. The first-order chi connectivity index (χ1) is 15.3. The van der Waals surface area contributed by atoms with Crippen LogP contribution in [0, 0.1) is 0 Å². The van der Waals surface area contributed by atoms with E-state index in [-0.39, 0.29) is 0 Å². The Kier molecular flexibility index (Phi) is 5.65. The highest BCUT2D eigenvalue weighted by molar-refractivity contribution is 5.87. The molecule has 0 fully saturated rings. The van der Waals surface area contributed by atoms with Crippen LogP contribution in [0.4, 0.5) is 0 Å². The van der Waals surface area contributed by atoms with Crippen LogP contribution >= 0.6 is 0 Å². The van der Waals surface area contributed by atoms with E-state index in [1.165, 1.54) is 12.1 Å². The van der Waals surface area contributed by atoms with Gasteiger partial charge in [-0.25, -0.2) is 9.59 Å². The predicted octanol–water partition coefficient (Wildman–Crippen LogP) is 4.15. The highest BCUT2D eigenvalue weighted by Crippen LogP contribution is 2.37. The van der Waals surface area contributed by atoms with Gasteiger partial charge in [-0.15, -0.1) is 0 Å². The maximum absolute atomic E-state index is 12.5. The fourth-order valence-corrected chi connectivity index (χ4v) is 3.67. The second-order valence-corrected chi connectivity index (χ2v) is 8.04. The third-order valence-corrected chi connectivity index (χ3v) is 5.43. The Hall–Kier alpha value is -3.74. The van der Waals surface area contributed by atoms with E-state index in [0.29, 0.717) is 29.3 Å². The summed E-state index contributed by atoms with van der Waals surface area (Å²) in [5.74, 6) is 1.37. The van der Waals surface area contributed by atoms with Crippen molar-refractivity contribution < 1.29 is 28.2 Å². The highest BCUT2D eigenvalue weighted by atomic mass is 16.6. The topological polar surface area (TPSA) is 84.2 Å². The molecule has 2 aromatic carbocycles. The number of ether oxygens (including phenoxy) is 4. The maximum Gasteiger partial charge on any atom is 0.336 e. The summed E-state index contributed by atoms with van der Waals surface area (Å²) >= 11 is 0. The molecule has 0 radical (unpaired) electrons. The molecule has 1 aliphatic heterocycles. The average molecular weight is 436 g/mol. The number of benzene rings is 2. The molecule has 0 N–H and O–H groups in total. The lowest BCUT2D eigenvalue weighted by atomic mass is 9.90. The monoisotopic (exact) mass is 436 g/mol. The summed E-state index contributed by atoms with van der Waals surface area (Å²) in [6, 6.07) is 12.0. The van der Waals surface area contributed by atoms with Gasteiger partial charge in [0.1, 0.15) is 23.0 Å². The number of carbonyl (C=O) groups is 1. The molecule has 0 spiro atoms. The van der Waals surface area contributed by atoms with Gasteiger partial charge in [0.2, 0.25) is 0 Å². The Bertz CT molecular complexity index is 1250. The lowest BCUT2D eigenvalue weighted by Gasteiger charge is -2.39. The van der Waals surface area contributed by atoms with Gasteiger partial charge in [-0.2, -0.15) is 0 Å². The normalized spacial score (nSPS) is 16.9. The first-order valence-electron chi connectivity index (χ1n) is 10.2. The first kappa shape index (κ1) is 21.5. The average Bonchev–Trinajstić information content (AvgIpc) is 2.76. The number of hydrogen-bond donors (Lipinski definition) is 0. The molecule has 3 aromatic rings. The molecule has 1 aromatic heterocycles. The lowest BCUT2D eigenvalue weighted by molar-refractivity contribution is -0.155. The van der Waals surface area contributed by atoms with Crippen LogP contribution in [0.1, 0.15) is 25.0 Å². The van der Waals surface area contributed by atoms with Crippen LogP contribution in [-0.4, -0.2) is 31.9 Å². The molecule has 0 amide bonds. The van der Waals surface area contributed by atoms with Crippen LogP contribution in [0.2, 0.25) is 0 Å². The molecular formula is C25H24O7. The van der Waals surface area contributed by atoms with Crippen molar-refractivity contribution in [1.29, 1.82) is 0 Å². The van der Waals surface area contributed by atoms with Crippen LogP contribution in [0.15, 0.2) is 57.8 Å². The van der Waals surface area contributed by atoms with Gasteiger partial charge in [0.15, 0.2) is 11.5 Å². The zero-order valence-corrected chi connectivity index (χ0v) is 18.3. The van der Waals surface area contributed by atoms with Crippen molar-refractivity contribution in [2.24, 2.45) is 0 Å². The van der Waals surface area contributed by atoms with E-state index in [4.69, 9.17) is 23.4 Å². The third kappa shape index (κ3) is 4.32. The molecule has 7 nitrogen and oxygen atoms in total. The van der Waals surface area contributed by atoms with Crippen molar-refractivity contribution in [3.05, 3.63) is 70.1 Å². The van der Waals surface area contributed by atoms with Crippen molar-refractivity contribution >= 4 is 23.0 Å². The summed E-state index contributed by atoms with van der Waals surface area (Å²) in [6.45, 7) is 3.75. The fraction of sp³-hybridized carbons (Fsp3) is 0.280. The molecular weight excluding hydrogens is 412 g/mol. The van der Waals surface area contributed by atoms with Crippen molar-refractivity contribution in [1.82, 2.24) is 0 Å². The summed E-state index contributed by atoms with van der Waals surface area (Å²) in [4.78, 5) is 24.1. The van der Waals surface area contributed by atoms with E-state index in [1.807, 2.05) is 26.0 Å². The number of carbonyl (C=O) groups excluding carboxylic acids is 1. The first-order valence-corrected chi connectivity index (χ1v) is 10.2. The zero-order chi connectivity index (χ0) is 22.9. The SMILES string of the molecule is COc1ccc(C=CC(=O)OC2Cc3cc4oc(=O)ccc4cc3OC2(C)C)cc1OC. The van der Waals surface area contributed by atoms with Crippen molar-refractivity contribution in [2.45, 2.75) is 32.0 Å². The Morgan fingerprint density at radius 3 is 2.59 bits per heavy atom. The molecule has 0 aliphatic carbocycles. The summed E-state index contributed by atoms with van der Waals surface area (Å²) in [5.41, 5.74) is 0.901. The molecule has 0 saturated heterocycles. The molecule has 1 aliphatic rings. The maximum atomic E-state index is 12.5. The minimum atomic E-state index is -0.733. The molecule has 1 unspecified atom stereocenters. The van der Waals surface area contributed by atoms with Gasteiger partial charge in [0.05, 0.1) is 14.2 Å². The number of fused-ring (bicyclic) bond motifs is 2. The molecule has 1 atom stereocenters. The molecule has 7 heteroatoms. The van der Waals surface area contributed by atoms with Gasteiger partial charge >= 0.3 is 11.6 Å². The van der Waals surface area contributed by atoms with Gasteiger partial charge in [-0.1, -0.05) is 6.07 Å². The van der Waals surface area contributed by atoms with Crippen molar-refractivity contribution in [3.8, 4) is 17.2 Å². The largest absolute Gasteiger partial charge is 0.493 e. The quantitative estimate of drug-likeness (QED) is 0.337. The Morgan fingerprint density at radius 1 is 1.06 bits per heavy atom. The van der Waals surface area contributed by atoms with E-state index in [9.17, 15) is 9.59 Å². The number of hydrogen-bond acceptors (Lipinski definition) is 7. The van der Waals surface area contributed by atoms with Gasteiger partial charge in [-0.05, 0) is 55.8 Å². The Balaban J connectivity index is 1.52.